The lowest BCUT2D eigenvalue weighted by molar-refractivity contribution is -0.00953. The van der Waals surface area contributed by atoms with Gasteiger partial charge in [0.15, 0.2) is 0 Å². The largest absolute Gasteiger partial charge is 0.376 e. The fourth-order valence-electron chi connectivity index (χ4n) is 3.07. The predicted octanol–water partition coefficient (Wildman–Crippen LogP) is 3.75. The van der Waals surface area contributed by atoms with Crippen LogP contribution in [0.3, 0.4) is 0 Å². The van der Waals surface area contributed by atoms with Crippen molar-refractivity contribution < 1.29 is 4.74 Å². The molecule has 1 fully saturated rings. The van der Waals surface area contributed by atoms with Crippen molar-refractivity contribution in [1.82, 2.24) is 4.98 Å². The van der Waals surface area contributed by atoms with E-state index in [2.05, 4.69) is 18.0 Å². The molecule has 0 spiro atoms. The Morgan fingerprint density at radius 1 is 1.40 bits per heavy atom. The molecule has 1 aliphatic carbocycles. The van der Waals surface area contributed by atoms with Crippen molar-refractivity contribution in [2.24, 2.45) is 11.8 Å². The van der Waals surface area contributed by atoms with E-state index < -0.39 is 0 Å². The molecule has 0 amide bonds. The second-order valence-electron chi connectivity index (χ2n) is 5.68. The van der Waals surface area contributed by atoms with Gasteiger partial charge in [-0.3, -0.25) is 4.98 Å². The van der Waals surface area contributed by atoms with Gasteiger partial charge in [0.05, 0.1) is 24.7 Å². The van der Waals surface area contributed by atoms with Crippen LogP contribution in [0.5, 0.6) is 0 Å². The van der Waals surface area contributed by atoms with Crippen LogP contribution in [0.25, 0.3) is 0 Å². The summed E-state index contributed by atoms with van der Waals surface area (Å²) in [6, 6.07) is 8.37. The van der Waals surface area contributed by atoms with Gasteiger partial charge < -0.3 is 4.74 Å². The molecule has 0 saturated heterocycles. The topological polar surface area (TPSA) is 45.9 Å². The minimum atomic E-state index is 0.0758. The maximum atomic E-state index is 9.25. The van der Waals surface area contributed by atoms with E-state index in [0.717, 1.165) is 30.9 Å². The van der Waals surface area contributed by atoms with Crippen molar-refractivity contribution in [3.63, 3.8) is 0 Å². The maximum absolute atomic E-state index is 9.25. The number of hydrogen-bond acceptors (Lipinski definition) is 3. The van der Waals surface area contributed by atoms with E-state index >= 15 is 0 Å². The van der Waals surface area contributed by atoms with Crippen molar-refractivity contribution in [3.8, 4) is 6.07 Å². The quantitative estimate of drug-likeness (QED) is 0.792. The zero-order valence-corrected chi connectivity index (χ0v) is 12.3. The third-order valence-corrected chi connectivity index (χ3v) is 4.18. The van der Waals surface area contributed by atoms with Crippen LogP contribution in [0, 0.1) is 23.2 Å². The molecule has 1 aromatic rings. The fraction of sp³-hybridized carbons (Fsp3) is 0.647. The molecule has 1 aliphatic rings. The number of rotatable bonds is 6. The van der Waals surface area contributed by atoms with Crippen LogP contribution in [-0.4, -0.2) is 17.7 Å². The normalized spacial score (nSPS) is 26.1. The van der Waals surface area contributed by atoms with Gasteiger partial charge in [0.2, 0.25) is 0 Å². The summed E-state index contributed by atoms with van der Waals surface area (Å²) in [7, 11) is 0. The highest BCUT2D eigenvalue weighted by molar-refractivity contribution is 5.03. The summed E-state index contributed by atoms with van der Waals surface area (Å²) in [5.74, 6) is 0.816. The van der Waals surface area contributed by atoms with Crippen molar-refractivity contribution in [1.29, 1.82) is 5.26 Å². The zero-order chi connectivity index (χ0) is 14.2. The van der Waals surface area contributed by atoms with Gasteiger partial charge in [-0.05, 0) is 37.3 Å². The summed E-state index contributed by atoms with van der Waals surface area (Å²) < 4.78 is 6.00. The minimum absolute atomic E-state index is 0.0758. The summed E-state index contributed by atoms with van der Waals surface area (Å²) >= 11 is 0. The molecule has 3 atom stereocenters. The second kappa shape index (κ2) is 8.01. The fourth-order valence-corrected chi connectivity index (χ4v) is 3.07. The lowest BCUT2D eigenvalue weighted by Gasteiger charge is -2.32. The molecule has 3 nitrogen and oxygen atoms in total. The van der Waals surface area contributed by atoms with Crippen LogP contribution in [0.1, 0.15) is 44.7 Å². The van der Waals surface area contributed by atoms with Gasteiger partial charge >= 0.3 is 0 Å². The molecular formula is C17H24N2O. The third-order valence-electron chi connectivity index (χ3n) is 4.18. The molecule has 0 bridgehead atoms. The van der Waals surface area contributed by atoms with Gasteiger partial charge in [0, 0.05) is 18.3 Å². The van der Waals surface area contributed by atoms with Gasteiger partial charge in [-0.25, -0.2) is 0 Å². The van der Waals surface area contributed by atoms with E-state index in [9.17, 15) is 5.26 Å². The lowest BCUT2D eigenvalue weighted by Crippen LogP contribution is -2.31. The van der Waals surface area contributed by atoms with E-state index in [1.165, 1.54) is 19.3 Å². The Hall–Kier alpha value is -1.40. The van der Waals surface area contributed by atoms with E-state index in [0.29, 0.717) is 6.61 Å². The molecule has 1 aromatic heterocycles. The maximum Gasteiger partial charge on any atom is 0.0736 e. The van der Waals surface area contributed by atoms with Gasteiger partial charge in [0.1, 0.15) is 0 Å². The van der Waals surface area contributed by atoms with Crippen molar-refractivity contribution >= 4 is 0 Å². The Morgan fingerprint density at radius 3 is 3.00 bits per heavy atom. The summed E-state index contributed by atoms with van der Waals surface area (Å²) in [4.78, 5) is 4.30. The van der Waals surface area contributed by atoms with Gasteiger partial charge in [-0.1, -0.05) is 25.8 Å². The average Bonchev–Trinajstić information content (AvgIpc) is 2.49. The number of nitrogens with zero attached hydrogens (tertiary/aromatic N) is 2. The Bertz CT molecular complexity index is 426. The molecule has 1 heterocycles. The van der Waals surface area contributed by atoms with Crippen LogP contribution in [0.4, 0.5) is 0 Å². The smallest absolute Gasteiger partial charge is 0.0736 e. The van der Waals surface area contributed by atoms with Crippen LogP contribution >= 0.6 is 0 Å². The molecule has 3 unspecified atom stereocenters. The van der Waals surface area contributed by atoms with E-state index in [1.54, 1.807) is 0 Å². The SMILES string of the molecule is CCCC1CCC(C#N)C(OCCc2ccccn2)C1. The number of nitriles is 1. The Labute approximate surface area is 122 Å². The highest BCUT2D eigenvalue weighted by Gasteiger charge is 2.30. The van der Waals surface area contributed by atoms with Gasteiger partial charge in [-0.15, -0.1) is 0 Å². The minimum Gasteiger partial charge on any atom is -0.376 e. The number of hydrogen-bond donors (Lipinski definition) is 0. The van der Waals surface area contributed by atoms with Crippen molar-refractivity contribution in [3.05, 3.63) is 30.1 Å². The average molecular weight is 272 g/mol. The first-order valence-corrected chi connectivity index (χ1v) is 7.74. The van der Waals surface area contributed by atoms with Crippen LogP contribution in [-0.2, 0) is 11.2 Å². The molecule has 0 radical (unpaired) electrons. The molecule has 20 heavy (non-hydrogen) atoms. The Balaban J connectivity index is 1.81. The van der Waals surface area contributed by atoms with Crippen molar-refractivity contribution in [2.75, 3.05) is 6.61 Å². The monoisotopic (exact) mass is 272 g/mol. The Morgan fingerprint density at radius 2 is 2.30 bits per heavy atom. The highest BCUT2D eigenvalue weighted by atomic mass is 16.5. The third kappa shape index (κ3) is 4.31. The molecule has 1 saturated carbocycles. The summed E-state index contributed by atoms with van der Waals surface area (Å²) in [6.07, 6.45) is 8.48. The molecule has 2 rings (SSSR count). The van der Waals surface area contributed by atoms with E-state index in [1.807, 2.05) is 24.4 Å². The molecule has 0 aliphatic heterocycles. The number of ether oxygens (including phenoxy) is 1. The van der Waals surface area contributed by atoms with Crippen molar-refractivity contribution in [2.45, 2.75) is 51.6 Å². The molecule has 0 aromatic carbocycles. The number of pyridine rings is 1. The van der Waals surface area contributed by atoms with Crippen LogP contribution in [0.2, 0.25) is 0 Å². The summed E-state index contributed by atoms with van der Waals surface area (Å²) in [5, 5.41) is 9.25. The van der Waals surface area contributed by atoms with Gasteiger partial charge in [0.25, 0.3) is 0 Å². The molecule has 0 N–H and O–H groups in total. The second-order valence-corrected chi connectivity index (χ2v) is 5.68. The summed E-state index contributed by atoms with van der Waals surface area (Å²) in [5.41, 5.74) is 1.06. The van der Waals surface area contributed by atoms with Crippen LogP contribution < -0.4 is 0 Å². The first kappa shape index (κ1) is 15.0. The molecule has 3 heteroatoms. The Kier molecular flexibility index (Phi) is 6.01. The predicted molar refractivity (Wildman–Crippen MR) is 79.0 cm³/mol. The highest BCUT2D eigenvalue weighted by Crippen LogP contribution is 2.33. The van der Waals surface area contributed by atoms with Crippen LogP contribution in [0.15, 0.2) is 24.4 Å². The lowest BCUT2D eigenvalue weighted by atomic mass is 9.78. The zero-order valence-electron chi connectivity index (χ0n) is 12.3. The summed E-state index contributed by atoms with van der Waals surface area (Å²) in [6.45, 7) is 2.89. The van der Waals surface area contributed by atoms with Gasteiger partial charge in [-0.2, -0.15) is 5.26 Å². The first-order valence-electron chi connectivity index (χ1n) is 7.74. The first-order chi connectivity index (χ1) is 9.83. The van der Waals surface area contributed by atoms with E-state index in [4.69, 9.17) is 4.74 Å². The van der Waals surface area contributed by atoms with E-state index in [-0.39, 0.29) is 12.0 Å². The standard InChI is InChI=1S/C17H24N2O/c1-2-5-14-7-8-15(13-18)17(12-14)20-11-9-16-6-3-4-10-19-16/h3-4,6,10,14-15,17H,2,5,7-9,11-12H2,1H3. The molecular weight excluding hydrogens is 248 g/mol. The molecule has 108 valence electrons. The number of aromatic nitrogens is 1.